The van der Waals surface area contributed by atoms with Crippen molar-refractivity contribution in [3.05, 3.63) is 38.9 Å². The molecule has 0 spiro atoms. The van der Waals surface area contributed by atoms with Gasteiger partial charge in [0.1, 0.15) is 0 Å². The number of nitrogens with zero attached hydrogens (tertiary/aromatic N) is 1. The molecule has 0 aromatic heterocycles. The van der Waals surface area contributed by atoms with Gasteiger partial charge in [-0.25, -0.2) is 0 Å². The van der Waals surface area contributed by atoms with Gasteiger partial charge in [0, 0.05) is 35.0 Å². The van der Waals surface area contributed by atoms with Crippen LogP contribution in [-0.2, 0) is 6.54 Å². The predicted molar refractivity (Wildman–Crippen MR) is 86.6 cm³/mol. The van der Waals surface area contributed by atoms with Gasteiger partial charge in [0.2, 0.25) is 0 Å². The van der Waals surface area contributed by atoms with Gasteiger partial charge in [0.05, 0.1) is 4.92 Å². The molecule has 0 aliphatic heterocycles. The van der Waals surface area contributed by atoms with Crippen molar-refractivity contribution in [2.24, 2.45) is 0 Å². The number of thioether (sulfide) groups is 1. The van der Waals surface area contributed by atoms with E-state index in [1.165, 1.54) is 12.1 Å². The van der Waals surface area contributed by atoms with Crippen molar-refractivity contribution in [2.75, 3.05) is 12.8 Å². The Bertz CT molecular complexity index is 456. The third-order valence-corrected chi connectivity index (χ3v) is 5.68. The van der Waals surface area contributed by atoms with Gasteiger partial charge in [-0.3, -0.25) is 10.1 Å². The molecule has 6 heteroatoms. The van der Waals surface area contributed by atoms with Gasteiger partial charge in [-0.05, 0) is 30.7 Å². The molecule has 0 unspecified atom stereocenters. The molecular weight excluding hydrogens is 296 g/mol. The number of halogens is 1. The smallest absolute Gasteiger partial charge is 0.269 e. The van der Waals surface area contributed by atoms with Crippen molar-refractivity contribution in [3.63, 3.8) is 0 Å². The lowest BCUT2D eigenvalue weighted by atomic mass is 10.0. The Labute approximate surface area is 129 Å². The van der Waals surface area contributed by atoms with Gasteiger partial charge < -0.3 is 5.32 Å². The Morgan fingerprint density at radius 3 is 2.55 bits per heavy atom. The maximum Gasteiger partial charge on any atom is 0.269 e. The summed E-state index contributed by atoms with van der Waals surface area (Å²) in [5.41, 5.74) is 0.844. The van der Waals surface area contributed by atoms with Gasteiger partial charge >= 0.3 is 0 Å². The molecule has 0 atom stereocenters. The highest BCUT2D eigenvalue weighted by molar-refractivity contribution is 8.00. The van der Waals surface area contributed by atoms with Crippen LogP contribution in [0.2, 0.25) is 5.02 Å². The van der Waals surface area contributed by atoms with Gasteiger partial charge in [-0.2, -0.15) is 11.8 Å². The molecule has 0 radical (unpaired) electrons. The molecule has 1 N–H and O–H groups in total. The third-order valence-electron chi connectivity index (χ3n) is 3.72. The van der Waals surface area contributed by atoms with E-state index in [2.05, 4.69) is 25.4 Å². The van der Waals surface area contributed by atoms with Gasteiger partial charge in [0.15, 0.2) is 0 Å². The molecule has 0 saturated heterocycles. The van der Waals surface area contributed by atoms with E-state index < -0.39 is 4.92 Å². The zero-order chi connectivity index (χ0) is 15.2. The van der Waals surface area contributed by atoms with Crippen LogP contribution in [0.15, 0.2) is 18.2 Å². The Morgan fingerprint density at radius 1 is 1.40 bits per heavy atom. The number of nitro benzene ring substituents is 1. The van der Waals surface area contributed by atoms with Crippen molar-refractivity contribution in [1.82, 2.24) is 5.32 Å². The van der Waals surface area contributed by atoms with Crippen LogP contribution < -0.4 is 5.32 Å². The highest BCUT2D eigenvalue weighted by Gasteiger charge is 2.24. The molecule has 0 bridgehead atoms. The fraction of sp³-hybridized carbons (Fsp3) is 0.571. The predicted octanol–water partition coefficient (Wildman–Crippen LogP) is 4.26. The van der Waals surface area contributed by atoms with Gasteiger partial charge in [-0.1, -0.05) is 25.4 Å². The highest BCUT2D eigenvalue weighted by Crippen LogP contribution is 2.30. The summed E-state index contributed by atoms with van der Waals surface area (Å²) in [4.78, 5) is 10.4. The fourth-order valence-electron chi connectivity index (χ4n) is 2.10. The third kappa shape index (κ3) is 4.36. The number of non-ortho nitro benzene ring substituents is 1. The zero-order valence-corrected chi connectivity index (χ0v) is 13.7. The van der Waals surface area contributed by atoms with Crippen LogP contribution >= 0.6 is 23.4 Å². The van der Waals surface area contributed by atoms with E-state index in [9.17, 15) is 10.1 Å². The summed E-state index contributed by atoms with van der Waals surface area (Å²) in [6.45, 7) is 5.77. The number of hydrogen-bond donors (Lipinski definition) is 1. The van der Waals surface area contributed by atoms with E-state index in [-0.39, 0.29) is 10.4 Å². The van der Waals surface area contributed by atoms with Crippen molar-refractivity contribution in [2.45, 2.75) is 38.0 Å². The number of rotatable bonds is 8. The second-order valence-electron chi connectivity index (χ2n) is 4.73. The fourth-order valence-corrected chi connectivity index (χ4v) is 3.10. The molecule has 1 aromatic rings. The largest absolute Gasteiger partial charge is 0.311 e. The van der Waals surface area contributed by atoms with Crippen LogP contribution in [-0.4, -0.2) is 22.5 Å². The molecule has 0 heterocycles. The first-order valence-corrected chi connectivity index (χ1v) is 8.27. The van der Waals surface area contributed by atoms with Crippen LogP contribution in [0.3, 0.4) is 0 Å². The molecule has 0 fully saturated rings. The van der Waals surface area contributed by atoms with E-state index in [1.807, 2.05) is 11.8 Å². The summed E-state index contributed by atoms with van der Waals surface area (Å²) in [5.74, 6) is 0. The molecule has 1 rings (SSSR count). The SMILES string of the molecule is CCC(CC)(CNCc1cc([N+](=O)[O-])ccc1Cl)SC. The van der Waals surface area contributed by atoms with Crippen LogP contribution in [0.4, 0.5) is 5.69 Å². The zero-order valence-electron chi connectivity index (χ0n) is 12.1. The van der Waals surface area contributed by atoms with E-state index in [1.54, 1.807) is 6.07 Å². The standard InChI is InChI=1S/C14H21ClN2O2S/c1-4-14(5-2,20-3)10-16-9-11-8-12(17(18)19)6-7-13(11)15/h6-8,16H,4-5,9-10H2,1-3H3. The number of hydrogen-bond acceptors (Lipinski definition) is 4. The first-order valence-electron chi connectivity index (χ1n) is 6.66. The lowest BCUT2D eigenvalue weighted by Crippen LogP contribution is -2.36. The maximum atomic E-state index is 10.8. The van der Waals surface area contributed by atoms with Crippen molar-refractivity contribution >= 4 is 29.1 Å². The molecular formula is C14H21ClN2O2S. The Kier molecular flexibility index (Phi) is 6.79. The quantitative estimate of drug-likeness (QED) is 0.575. The van der Waals surface area contributed by atoms with Crippen molar-refractivity contribution < 1.29 is 4.92 Å². The second-order valence-corrected chi connectivity index (χ2v) is 6.41. The highest BCUT2D eigenvalue weighted by atomic mass is 35.5. The number of benzene rings is 1. The average molecular weight is 317 g/mol. The van der Waals surface area contributed by atoms with Crippen LogP contribution in [0, 0.1) is 10.1 Å². The minimum Gasteiger partial charge on any atom is -0.311 e. The summed E-state index contributed by atoms with van der Waals surface area (Å²) in [5, 5.41) is 14.7. The lowest BCUT2D eigenvalue weighted by Gasteiger charge is -2.30. The van der Waals surface area contributed by atoms with Crippen LogP contribution in [0.5, 0.6) is 0 Å². The Morgan fingerprint density at radius 2 is 2.05 bits per heavy atom. The van der Waals surface area contributed by atoms with E-state index in [4.69, 9.17) is 11.6 Å². The minimum absolute atomic E-state index is 0.0771. The molecule has 0 saturated carbocycles. The van der Waals surface area contributed by atoms with Crippen LogP contribution in [0.1, 0.15) is 32.3 Å². The Hall–Kier alpha value is -0.780. The molecule has 20 heavy (non-hydrogen) atoms. The van der Waals surface area contributed by atoms with Gasteiger partial charge in [-0.15, -0.1) is 0 Å². The van der Waals surface area contributed by atoms with E-state index in [0.29, 0.717) is 11.6 Å². The average Bonchev–Trinajstić information content (AvgIpc) is 2.46. The molecule has 0 aliphatic rings. The second kappa shape index (κ2) is 7.86. The topological polar surface area (TPSA) is 55.2 Å². The first-order chi connectivity index (χ1) is 9.48. The number of nitro groups is 1. The van der Waals surface area contributed by atoms with Crippen molar-refractivity contribution in [3.8, 4) is 0 Å². The summed E-state index contributed by atoms with van der Waals surface area (Å²) < 4.78 is 0.215. The van der Waals surface area contributed by atoms with Crippen molar-refractivity contribution in [1.29, 1.82) is 0 Å². The van der Waals surface area contributed by atoms with Gasteiger partial charge in [0.25, 0.3) is 5.69 Å². The summed E-state index contributed by atoms with van der Waals surface area (Å²) in [6, 6.07) is 4.54. The molecule has 112 valence electrons. The van der Waals surface area contributed by atoms with Crippen LogP contribution in [0.25, 0.3) is 0 Å². The molecule has 4 nitrogen and oxygen atoms in total. The molecule has 0 aliphatic carbocycles. The molecule has 0 amide bonds. The summed E-state index contributed by atoms with van der Waals surface area (Å²) >= 11 is 7.95. The maximum absolute atomic E-state index is 10.8. The normalized spacial score (nSPS) is 11.6. The monoisotopic (exact) mass is 316 g/mol. The Balaban J connectivity index is 2.70. The summed E-state index contributed by atoms with van der Waals surface area (Å²) in [6.07, 6.45) is 4.29. The van der Waals surface area contributed by atoms with E-state index >= 15 is 0 Å². The van der Waals surface area contributed by atoms with E-state index in [0.717, 1.165) is 24.9 Å². The minimum atomic E-state index is -0.399. The summed E-state index contributed by atoms with van der Waals surface area (Å²) in [7, 11) is 0. The number of nitrogens with one attached hydrogen (secondary N) is 1. The lowest BCUT2D eigenvalue weighted by molar-refractivity contribution is -0.384. The molecule has 1 aromatic carbocycles. The first kappa shape index (κ1) is 17.3.